The van der Waals surface area contributed by atoms with E-state index in [4.69, 9.17) is 18.0 Å². The molecule has 0 aliphatic heterocycles. The van der Waals surface area contributed by atoms with Crippen LogP contribution in [0.5, 0.6) is 0 Å². The molecule has 0 fully saturated rings. The van der Waals surface area contributed by atoms with Crippen LogP contribution in [0.25, 0.3) is 0 Å². The summed E-state index contributed by atoms with van der Waals surface area (Å²) >= 11 is 4.85. The zero-order chi connectivity index (χ0) is 15.9. The first-order valence-electron chi connectivity index (χ1n) is 6.94. The molecule has 0 aromatic heterocycles. The Morgan fingerprint density at radius 2 is 1.64 bits per heavy atom. The molecule has 2 aromatic rings. The van der Waals surface area contributed by atoms with Gasteiger partial charge in [0.05, 0.1) is 4.99 Å². The summed E-state index contributed by atoms with van der Waals surface area (Å²) in [6.07, 6.45) is 1.19. The van der Waals surface area contributed by atoms with Crippen molar-refractivity contribution in [2.24, 2.45) is 5.73 Å². The summed E-state index contributed by atoms with van der Waals surface area (Å²) in [7, 11) is 0. The Morgan fingerprint density at radius 3 is 2.23 bits per heavy atom. The molecular formula is C17H17FN2OS. The van der Waals surface area contributed by atoms with Gasteiger partial charge in [-0.15, -0.1) is 0 Å². The molecule has 3 nitrogen and oxygen atoms in total. The van der Waals surface area contributed by atoms with E-state index in [1.807, 2.05) is 12.1 Å². The van der Waals surface area contributed by atoms with Crippen molar-refractivity contribution in [1.82, 2.24) is 5.32 Å². The molecule has 0 unspecified atom stereocenters. The van der Waals surface area contributed by atoms with Gasteiger partial charge in [-0.3, -0.25) is 4.79 Å². The van der Waals surface area contributed by atoms with Crippen LogP contribution in [0.1, 0.15) is 21.5 Å². The molecule has 0 radical (unpaired) electrons. The summed E-state index contributed by atoms with van der Waals surface area (Å²) < 4.78 is 12.8. The van der Waals surface area contributed by atoms with E-state index in [9.17, 15) is 9.18 Å². The van der Waals surface area contributed by atoms with Gasteiger partial charge in [0.2, 0.25) is 0 Å². The van der Waals surface area contributed by atoms with Crippen LogP contribution in [0.3, 0.4) is 0 Å². The van der Waals surface area contributed by atoms with Gasteiger partial charge in [0.1, 0.15) is 5.82 Å². The van der Waals surface area contributed by atoms with Gasteiger partial charge in [-0.1, -0.05) is 36.5 Å². The molecule has 0 bridgehead atoms. The Balaban J connectivity index is 1.84. The largest absolute Gasteiger partial charge is 0.393 e. The third kappa shape index (κ3) is 4.93. The molecule has 0 aliphatic carbocycles. The van der Waals surface area contributed by atoms with Crippen LogP contribution in [-0.2, 0) is 12.8 Å². The highest BCUT2D eigenvalue weighted by Crippen LogP contribution is 2.06. The van der Waals surface area contributed by atoms with Crippen LogP contribution in [0.15, 0.2) is 48.5 Å². The van der Waals surface area contributed by atoms with Crippen molar-refractivity contribution in [2.75, 3.05) is 6.54 Å². The van der Waals surface area contributed by atoms with Gasteiger partial charge >= 0.3 is 0 Å². The maximum absolute atomic E-state index is 12.8. The SMILES string of the molecule is NC(=S)Cc1ccc(C(=O)NCCc2ccc(F)cc2)cc1. The highest BCUT2D eigenvalue weighted by atomic mass is 32.1. The number of hydrogen-bond acceptors (Lipinski definition) is 2. The number of amides is 1. The van der Waals surface area contributed by atoms with E-state index in [1.165, 1.54) is 12.1 Å². The Hall–Kier alpha value is -2.27. The van der Waals surface area contributed by atoms with E-state index in [0.29, 0.717) is 29.9 Å². The average Bonchev–Trinajstić information content (AvgIpc) is 2.49. The van der Waals surface area contributed by atoms with Crippen LogP contribution >= 0.6 is 12.2 Å². The van der Waals surface area contributed by atoms with Crippen molar-refractivity contribution >= 4 is 23.1 Å². The Bertz CT molecular complexity index is 653. The van der Waals surface area contributed by atoms with Gasteiger partial charge in [0, 0.05) is 18.5 Å². The predicted molar refractivity (Wildman–Crippen MR) is 89.4 cm³/mol. The van der Waals surface area contributed by atoms with E-state index in [0.717, 1.165) is 11.1 Å². The fraction of sp³-hybridized carbons (Fsp3) is 0.176. The maximum Gasteiger partial charge on any atom is 0.251 e. The Labute approximate surface area is 134 Å². The Kier molecular flexibility index (Phi) is 5.61. The third-order valence-corrected chi connectivity index (χ3v) is 3.35. The first-order valence-corrected chi connectivity index (χ1v) is 7.35. The standard InChI is InChI=1S/C17H17FN2OS/c18-15-7-3-12(4-8-15)9-10-20-17(21)14-5-1-13(2-6-14)11-16(19)22/h1-8H,9-11H2,(H2,19,22)(H,20,21). The van der Waals surface area contributed by atoms with Crippen LogP contribution in [0.4, 0.5) is 4.39 Å². The fourth-order valence-corrected chi connectivity index (χ4v) is 2.22. The van der Waals surface area contributed by atoms with Gasteiger partial charge in [0.15, 0.2) is 0 Å². The molecule has 0 aliphatic rings. The Morgan fingerprint density at radius 1 is 1.05 bits per heavy atom. The van der Waals surface area contributed by atoms with Crippen LogP contribution < -0.4 is 11.1 Å². The molecule has 3 N–H and O–H groups in total. The van der Waals surface area contributed by atoms with Gasteiger partial charge in [-0.25, -0.2) is 4.39 Å². The quantitative estimate of drug-likeness (QED) is 0.806. The van der Waals surface area contributed by atoms with Gasteiger partial charge in [0.25, 0.3) is 5.91 Å². The van der Waals surface area contributed by atoms with Crippen molar-refractivity contribution in [1.29, 1.82) is 0 Å². The van der Waals surface area contributed by atoms with Crippen molar-refractivity contribution in [3.63, 3.8) is 0 Å². The minimum absolute atomic E-state index is 0.135. The predicted octanol–water partition coefficient (Wildman–Crippen LogP) is 2.63. The summed E-state index contributed by atoms with van der Waals surface area (Å²) in [6.45, 7) is 0.499. The lowest BCUT2D eigenvalue weighted by Crippen LogP contribution is -2.25. The molecule has 2 aromatic carbocycles. The van der Waals surface area contributed by atoms with E-state index in [-0.39, 0.29) is 11.7 Å². The topological polar surface area (TPSA) is 55.1 Å². The van der Waals surface area contributed by atoms with E-state index >= 15 is 0 Å². The molecule has 5 heteroatoms. The number of rotatable bonds is 6. The van der Waals surface area contributed by atoms with Crippen LogP contribution in [-0.4, -0.2) is 17.4 Å². The average molecular weight is 316 g/mol. The number of hydrogen-bond donors (Lipinski definition) is 2. The molecule has 0 saturated heterocycles. The second-order valence-corrected chi connectivity index (χ2v) is 5.50. The van der Waals surface area contributed by atoms with E-state index in [1.54, 1.807) is 24.3 Å². The summed E-state index contributed by atoms with van der Waals surface area (Å²) in [5, 5.41) is 2.84. The summed E-state index contributed by atoms with van der Waals surface area (Å²) in [6, 6.07) is 13.4. The summed E-state index contributed by atoms with van der Waals surface area (Å²) in [5.74, 6) is -0.395. The van der Waals surface area contributed by atoms with E-state index < -0.39 is 0 Å². The first-order chi connectivity index (χ1) is 10.5. The monoisotopic (exact) mass is 316 g/mol. The zero-order valence-electron chi connectivity index (χ0n) is 12.0. The van der Waals surface area contributed by atoms with Crippen molar-refractivity contribution in [2.45, 2.75) is 12.8 Å². The van der Waals surface area contributed by atoms with E-state index in [2.05, 4.69) is 5.32 Å². The molecule has 1 amide bonds. The number of nitrogens with one attached hydrogen (secondary N) is 1. The molecule has 0 saturated carbocycles. The number of carbonyl (C=O) groups excluding carboxylic acids is 1. The van der Waals surface area contributed by atoms with Crippen LogP contribution in [0, 0.1) is 5.82 Å². The first kappa shape index (κ1) is 16.1. The molecule has 22 heavy (non-hydrogen) atoms. The number of nitrogens with two attached hydrogens (primary N) is 1. The fourth-order valence-electron chi connectivity index (χ4n) is 2.05. The molecule has 0 heterocycles. The molecule has 0 spiro atoms. The van der Waals surface area contributed by atoms with Crippen molar-refractivity contribution < 1.29 is 9.18 Å². The number of carbonyl (C=O) groups is 1. The number of halogens is 1. The maximum atomic E-state index is 12.8. The number of thiocarbonyl (C=S) groups is 1. The summed E-state index contributed by atoms with van der Waals surface area (Å²) in [4.78, 5) is 12.4. The highest BCUT2D eigenvalue weighted by molar-refractivity contribution is 7.80. The van der Waals surface area contributed by atoms with Gasteiger partial charge < -0.3 is 11.1 Å². The lowest BCUT2D eigenvalue weighted by Gasteiger charge is -2.06. The smallest absolute Gasteiger partial charge is 0.251 e. The third-order valence-electron chi connectivity index (χ3n) is 3.21. The van der Waals surface area contributed by atoms with Gasteiger partial charge in [-0.2, -0.15) is 0 Å². The minimum atomic E-state index is -0.259. The molecule has 114 valence electrons. The summed E-state index contributed by atoms with van der Waals surface area (Å²) in [5.41, 5.74) is 8.03. The zero-order valence-corrected chi connectivity index (χ0v) is 12.8. The second kappa shape index (κ2) is 7.66. The molecule has 0 atom stereocenters. The highest BCUT2D eigenvalue weighted by Gasteiger charge is 2.05. The lowest BCUT2D eigenvalue weighted by molar-refractivity contribution is 0.0954. The lowest BCUT2D eigenvalue weighted by atomic mass is 10.1. The minimum Gasteiger partial charge on any atom is -0.393 e. The number of benzene rings is 2. The molecular weight excluding hydrogens is 299 g/mol. The molecule has 2 rings (SSSR count). The van der Waals surface area contributed by atoms with Crippen molar-refractivity contribution in [3.8, 4) is 0 Å². The van der Waals surface area contributed by atoms with Gasteiger partial charge in [-0.05, 0) is 41.8 Å². The van der Waals surface area contributed by atoms with Crippen LogP contribution in [0.2, 0.25) is 0 Å². The normalized spacial score (nSPS) is 10.2. The van der Waals surface area contributed by atoms with Crippen molar-refractivity contribution in [3.05, 3.63) is 71.0 Å². The second-order valence-electron chi connectivity index (χ2n) is 4.97.